The van der Waals surface area contributed by atoms with Crippen LogP contribution in [0.25, 0.3) is 0 Å². The number of carbonyl (C=O) groups excluding carboxylic acids is 1. The zero-order valence-corrected chi connectivity index (χ0v) is 16.9. The van der Waals surface area contributed by atoms with Crippen molar-refractivity contribution in [2.24, 2.45) is 0 Å². The molecule has 0 saturated carbocycles. The number of amides is 1. The molecule has 2 aromatic rings. The predicted molar refractivity (Wildman–Crippen MR) is 106 cm³/mol. The molecule has 0 N–H and O–H groups in total. The molecule has 1 amide bonds. The molecule has 134 valence electrons. The second kappa shape index (κ2) is 8.34. The van der Waals surface area contributed by atoms with Crippen molar-refractivity contribution in [2.75, 3.05) is 6.23 Å². The van der Waals surface area contributed by atoms with Crippen molar-refractivity contribution in [1.29, 1.82) is 0 Å². The van der Waals surface area contributed by atoms with Gasteiger partial charge in [-0.15, -0.1) is 0 Å². The lowest BCUT2D eigenvalue weighted by atomic mass is 10.0. The molecule has 0 aliphatic heterocycles. The molecule has 0 aliphatic carbocycles. The summed E-state index contributed by atoms with van der Waals surface area (Å²) in [4.78, 5) is 14.8. The van der Waals surface area contributed by atoms with Crippen LogP contribution in [-0.4, -0.2) is 25.3 Å². The second-order valence-corrected chi connectivity index (χ2v) is 13.1. The van der Waals surface area contributed by atoms with E-state index in [2.05, 4.69) is 57.8 Å². The van der Waals surface area contributed by atoms with Crippen LogP contribution in [0.4, 0.5) is 4.79 Å². The highest BCUT2D eigenvalue weighted by atomic mass is 28.3. The molecule has 3 nitrogen and oxygen atoms in total. The van der Waals surface area contributed by atoms with Gasteiger partial charge in [-0.2, -0.15) is 0 Å². The SMILES string of the molecule is C[C@H](c1ccccc1)N(C(=O)OC[Si](C)(C)C)[C@H](C)c1ccccc1. The van der Waals surface area contributed by atoms with E-state index in [1.165, 1.54) is 0 Å². The molecule has 0 heterocycles. The third kappa shape index (κ3) is 5.46. The Morgan fingerprint density at radius 2 is 1.28 bits per heavy atom. The van der Waals surface area contributed by atoms with Crippen molar-refractivity contribution < 1.29 is 9.53 Å². The molecule has 0 saturated heterocycles. The standard InChI is InChI=1S/C21H29NO2Si/c1-17(19-12-8-6-9-13-19)22(21(23)24-16-25(3,4)5)18(2)20-14-10-7-11-15-20/h6-15,17-18H,16H2,1-5H3/t17-,18-/m1/s1. The van der Waals surface area contributed by atoms with E-state index in [1.807, 2.05) is 41.3 Å². The van der Waals surface area contributed by atoms with E-state index in [9.17, 15) is 4.79 Å². The Kier molecular flexibility index (Phi) is 6.43. The summed E-state index contributed by atoms with van der Waals surface area (Å²) >= 11 is 0. The Morgan fingerprint density at radius 3 is 1.64 bits per heavy atom. The van der Waals surface area contributed by atoms with Gasteiger partial charge in [0.2, 0.25) is 0 Å². The Bertz CT molecular complexity index is 622. The number of ether oxygens (including phenoxy) is 1. The van der Waals surface area contributed by atoms with Crippen LogP contribution in [0.1, 0.15) is 37.1 Å². The van der Waals surface area contributed by atoms with Crippen LogP contribution in [0.2, 0.25) is 19.6 Å². The molecule has 0 radical (unpaired) electrons. The third-order valence-corrected chi connectivity index (χ3v) is 5.25. The first-order valence-corrected chi connectivity index (χ1v) is 12.6. The van der Waals surface area contributed by atoms with Crippen LogP contribution in [0, 0.1) is 0 Å². The summed E-state index contributed by atoms with van der Waals surface area (Å²) in [5, 5.41) is 0. The molecule has 25 heavy (non-hydrogen) atoms. The zero-order valence-electron chi connectivity index (χ0n) is 15.9. The molecular formula is C21H29NO2Si. The summed E-state index contributed by atoms with van der Waals surface area (Å²) in [5.74, 6) is 0. The molecule has 2 rings (SSSR count). The van der Waals surface area contributed by atoms with Crippen molar-refractivity contribution in [3.8, 4) is 0 Å². The summed E-state index contributed by atoms with van der Waals surface area (Å²) in [5.41, 5.74) is 2.21. The predicted octanol–water partition coefficient (Wildman–Crippen LogP) is 5.82. The van der Waals surface area contributed by atoms with E-state index in [1.54, 1.807) is 0 Å². The van der Waals surface area contributed by atoms with Gasteiger partial charge < -0.3 is 4.74 Å². The zero-order chi connectivity index (χ0) is 18.4. The van der Waals surface area contributed by atoms with Crippen molar-refractivity contribution in [3.63, 3.8) is 0 Å². The van der Waals surface area contributed by atoms with Gasteiger partial charge in [0.1, 0.15) is 0 Å². The van der Waals surface area contributed by atoms with E-state index in [4.69, 9.17) is 4.74 Å². The molecule has 2 aromatic carbocycles. The van der Waals surface area contributed by atoms with Crippen LogP contribution in [0.3, 0.4) is 0 Å². The highest BCUT2D eigenvalue weighted by molar-refractivity contribution is 6.76. The maximum atomic E-state index is 12.9. The number of benzene rings is 2. The monoisotopic (exact) mass is 355 g/mol. The van der Waals surface area contributed by atoms with Crippen LogP contribution < -0.4 is 0 Å². The normalized spacial score (nSPS) is 13.8. The van der Waals surface area contributed by atoms with E-state index < -0.39 is 8.07 Å². The van der Waals surface area contributed by atoms with Gasteiger partial charge in [0.15, 0.2) is 0 Å². The largest absolute Gasteiger partial charge is 0.453 e. The van der Waals surface area contributed by atoms with Crippen LogP contribution in [-0.2, 0) is 4.74 Å². The average molecular weight is 356 g/mol. The van der Waals surface area contributed by atoms with Crippen molar-refractivity contribution >= 4 is 14.2 Å². The van der Waals surface area contributed by atoms with Gasteiger partial charge in [-0.1, -0.05) is 80.3 Å². The molecule has 0 spiro atoms. The fraction of sp³-hybridized carbons (Fsp3) is 0.381. The molecule has 0 fully saturated rings. The molecule has 0 aromatic heterocycles. The molecular weight excluding hydrogens is 326 g/mol. The van der Waals surface area contributed by atoms with Crippen molar-refractivity contribution in [3.05, 3.63) is 71.8 Å². The lowest BCUT2D eigenvalue weighted by Gasteiger charge is -2.35. The van der Waals surface area contributed by atoms with Gasteiger partial charge in [0, 0.05) is 0 Å². The summed E-state index contributed by atoms with van der Waals surface area (Å²) in [6, 6.07) is 20.1. The van der Waals surface area contributed by atoms with Gasteiger partial charge in [0.05, 0.1) is 26.4 Å². The minimum atomic E-state index is -1.46. The topological polar surface area (TPSA) is 29.5 Å². The number of hydrogen-bond acceptors (Lipinski definition) is 2. The quantitative estimate of drug-likeness (QED) is 0.611. The first-order valence-electron chi connectivity index (χ1n) is 8.84. The van der Waals surface area contributed by atoms with Gasteiger partial charge in [-0.05, 0) is 25.0 Å². The Labute approximate surface area is 152 Å². The van der Waals surface area contributed by atoms with Gasteiger partial charge in [-0.25, -0.2) is 4.79 Å². The van der Waals surface area contributed by atoms with E-state index >= 15 is 0 Å². The maximum absolute atomic E-state index is 12.9. The molecule has 2 atom stereocenters. The highest BCUT2D eigenvalue weighted by Gasteiger charge is 2.30. The van der Waals surface area contributed by atoms with Gasteiger partial charge in [-0.3, -0.25) is 4.90 Å². The average Bonchev–Trinajstić information content (AvgIpc) is 2.61. The van der Waals surface area contributed by atoms with Crippen molar-refractivity contribution in [2.45, 2.75) is 45.6 Å². The van der Waals surface area contributed by atoms with Crippen LogP contribution in [0.5, 0.6) is 0 Å². The van der Waals surface area contributed by atoms with Crippen molar-refractivity contribution in [1.82, 2.24) is 4.90 Å². The summed E-state index contributed by atoms with van der Waals surface area (Å²) in [7, 11) is -1.46. The first-order chi connectivity index (χ1) is 11.8. The Balaban J connectivity index is 2.29. The van der Waals surface area contributed by atoms with E-state index in [0.717, 1.165) is 11.1 Å². The number of rotatable bonds is 6. The minimum Gasteiger partial charge on any atom is -0.453 e. The smallest absolute Gasteiger partial charge is 0.410 e. The Hall–Kier alpha value is -2.07. The fourth-order valence-corrected chi connectivity index (χ4v) is 3.35. The lowest BCUT2D eigenvalue weighted by molar-refractivity contribution is 0.0826. The summed E-state index contributed by atoms with van der Waals surface area (Å²) < 4.78 is 5.70. The lowest BCUT2D eigenvalue weighted by Crippen LogP contribution is -2.39. The van der Waals surface area contributed by atoms with Crippen LogP contribution in [0.15, 0.2) is 60.7 Å². The fourth-order valence-electron chi connectivity index (χ4n) is 2.79. The van der Waals surface area contributed by atoms with Crippen LogP contribution >= 0.6 is 0 Å². The molecule has 0 unspecified atom stereocenters. The number of carbonyl (C=O) groups is 1. The molecule has 4 heteroatoms. The number of nitrogens with zero attached hydrogens (tertiary/aromatic N) is 1. The second-order valence-electron chi connectivity index (χ2n) is 7.70. The molecule has 0 aliphatic rings. The molecule has 0 bridgehead atoms. The third-order valence-electron chi connectivity index (χ3n) is 4.24. The van der Waals surface area contributed by atoms with E-state index in [-0.39, 0.29) is 18.2 Å². The first kappa shape index (κ1) is 19.3. The minimum absolute atomic E-state index is 0.0643. The van der Waals surface area contributed by atoms with Gasteiger partial charge in [0.25, 0.3) is 0 Å². The maximum Gasteiger partial charge on any atom is 0.410 e. The van der Waals surface area contributed by atoms with E-state index in [0.29, 0.717) is 6.23 Å². The number of hydrogen-bond donors (Lipinski definition) is 0. The summed E-state index contributed by atoms with van der Waals surface area (Å²) in [6.45, 7) is 10.7. The summed E-state index contributed by atoms with van der Waals surface area (Å²) in [6.07, 6.45) is 0.292. The Morgan fingerprint density at radius 1 is 0.880 bits per heavy atom. The highest BCUT2D eigenvalue weighted by Crippen LogP contribution is 2.31. The van der Waals surface area contributed by atoms with Gasteiger partial charge >= 0.3 is 6.09 Å².